The summed E-state index contributed by atoms with van der Waals surface area (Å²) < 4.78 is 1.06. The summed E-state index contributed by atoms with van der Waals surface area (Å²) in [5.74, 6) is 0.108. The van der Waals surface area contributed by atoms with Crippen LogP contribution < -0.4 is 5.73 Å². The van der Waals surface area contributed by atoms with Crippen molar-refractivity contribution in [3.63, 3.8) is 0 Å². The van der Waals surface area contributed by atoms with Gasteiger partial charge in [-0.3, -0.25) is 4.79 Å². The van der Waals surface area contributed by atoms with Gasteiger partial charge < -0.3 is 10.6 Å². The second-order valence-corrected chi connectivity index (χ2v) is 6.39. The van der Waals surface area contributed by atoms with Gasteiger partial charge in [0.2, 0.25) is 5.91 Å². The Balaban J connectivity index is 2.04. The van der Waals surface area contributed by atoms with Crippen molar-refractivity contribution in [2.24, 2.45) is 5.73 Å². The molecule has 2 rings (SSSR count). The minimum Gasteiger partial charge on any atom is -0.334 e. The van der Waals surface area contributed by atoms with Crippen molar-refractivity contribution in [2.75, 3.05) is 0 Å². The number of carbonyl (C=O) groups is 1. The molecule has 2 N–H and O–H groups in total. The Morgan fingerprint density at radius 2 is 2.15 bits per heavy atom. The van der Waals surface area contributed by atoms with Gasteiger partial charge in [0.15, 0.2) is 0 Å². The lowest BCUT2D eigenvalue weighted by molar-refractivity contribution is -0.134. The van der Waals surface area contributed by atoms with E-state index >= 15 is 0 Å². The van der Waals surface area contributed by atoms with Crippen LogP contribution in [0.25, 0.3) is 0 Å². The summed E-state index contributed by atoms with van der Waals surface area (Å²) in [4.78, 5) is 14.5. The van der Waals surface area contributed by atoms with E-state index in [1.165, 1.54) is 0 Å². The minimum absolute atomic E-state index is 0.108. The number of amides is 1. The Morgan fingerprint density at radius 3 is 2.75 bits per heavy atom. The van der Waals surface area contributed by atoms with Crippen molar-refractivity contribution < 1.29 is 4.79 Å². The first-order chi connectivity index (χ1) is 9.63. The Kier molecular flexibility index (Phi) is 5.61. The van der Waals surface area contributed by atoms with E-state index in [9.17, 15) is 4.79 Å². The average molecular weight is 339 g/mol. The molecule has 4 heteroatoms. The van der Waals surface area contributed by atoms with E-state index in [1.54, 1.807) is 0 Å². The molecule has 1 aliphatic rings. The molecular formula is C16H23BrN2O. The van der Waals surface area contributed by atoms with Crippen LogP contribution in [0.3, 0.4) is 0 Å². The summed E-state index contributed by atoms with van der Waals surface area (Å²) in [6.07, 6.45) is 5.09. The predicted molar refractivity (Wildman–Crippen MR) is 85.2 cm³/mol. The van der Waals surface area contributed by atoms with Crippen LogP contribution in [-0.4, -0.2) is 22.9 Å². The number of hydrogen-bond acceptors (Lipinski definition) is 2. The van der Waals surface area contributed by atoms with Crippen molar-refractivity contribution in [1.29, 1.82) is 0 Å². The lowest BCUT2D eigenvalue weighted by Gasteiger charge is -2.26. The lowest BCUT2D eigenvalue weighted by atomic mass is 10.1. The molecule has 0 heterocycles. The molecule has 1 aliphatic carbocycles. The molecule has 0 bridgehead atoms. The number of hydrogen-bond donors (Lipinski definition) is 1. The summed E-state index contributed by atoms with van der Waals surface area (Å²) in [6.45, 7) is 2.78. The van der Waals surface area contributed by atoms with Gasteiger partial charge in [-0.2, -0.15) is 0 Å². The molecule has 0 aliphatic heterocycles. The van der Waals surface area contributed by atoms with Crippen LogP contribution in [0, 0.1) is 0 Å². The molecule has 1 amide bonds. The zero-order chi connectivity index (χ0) is 14.5. The molecule has 20 heavy (non-hydrogen) atoms. The van der Waals surface area contributed by atoms with Gasteiger partial charge in [0.05, 0.1) is 6.04 Å². The average Bonchev–Trinajstić information content (AvgIpc) is 3.27. The van der Waals surface area contributed by atoms with Gasteiger partial charge in [0.25, 0.3) is 0 Å². The number of halogens is 1. The van der Waals surface area contributed by atoms with Crippen LogP contribution in [0.1, 0.15) is 44.6 Å². The van der Waals surface area contributed by atoms with Crippen molar-refractivity contribution in [3.05, 3.63) is 34.3 Å². The molecule has 0 spiro atoms. The Labute approximate surface area is 129 Å². The predicted octanol–water partition coefficient (Wildman–Crippen LogP) is 3.46. The third-order valence-electron chi connectivity index (χ3n) is 3.76. The number of benzene rings is 1. The second-order valence-electron chi connectivity index (χ2n) is 5.54. The van der Waals surface area contributed by atoms with Crippen molar-refractivity contribution >= 4 is 21.8 Å². The number of unbranched alkanes of at least 4 members (excludes halogenated alkanes) is 1. The zero-order valence-corrected chi connectivity index (χ0v) is 13.6. The highest BCUT2D eigenvalue weighted by molar-refractivity contribution is 9.10. The van der Waals surface area contributed by atoms with Crippen LogP contribution in [0.5, 0.6) is 0 Å². The van der Waals surface area contributed by atoms with E-state index in [0.29, 0.717) is 12.6 Å². The Hall–Kier alpha value is -0.870. The number of rotatable bonds is 7. The maximum Gasteiger partial charge on any atom is 0.240 e. The standard InChI is InChI=1S/C16H23BrN2O/c1-2-3-8-15(18)16(20)19(13-9-10-13)11-12-6-4-5-7-14(12)17/h4-7,13,15H,2-3,8-11,18H2,1H3. The van der Waals surface area contributed by atoms with E-state index in [2.05, 4.69) is 28.9 Å². The summed E-state index contributed by atoms with van der Waals surface area (Å²) in [5, 5.41) is 0. The van der Waals surface area contributed by atoms with Crippen LogP contribution >= 0.6 is 15.9 Å². The van der Waals surface area contributed by atoms with Crippen molar-refractivity contribution in [3.8, 4) is 0 Å². The van der Waals surface area contributed by atoms with Crippen LogP contribution in [0.2, 0.25) is 0 Å². The maximum absolute atomic E-state index is 12.5. The van der Waals surface area contributed by atoms with Gasteiger partial charge >= 0.3 is 0 Å². The van der Waals surface area contributed by atoms with E-state index < -0.39 is 0 Å². The van der Waals surface area contributed by atoms with Gasteiger partial charge in [-0.1, -0.05) is 53.9 Å². The molecule has 110 valence electrons. The third-order valence-corrected chi connectivity index (χ3v) is 4.53. The molecule has 3 nitrogen and oxygen atoms in total. The van der Waals surface area contributed by atoms with E-state index in [0.717, 1.165) is 42.1 Å². The van der Waals surface area contributed by atoms with E-state index in [4.69, 9.17) is 5.73 Å². The normalized spacial score (nSPS) is 15.9. The summed E-state index contributed by atoms with van der Waals surface area (Å²) in [5.41, 5.74) is 7.21. The highest BCUT2D eigenvalue weighted by atomic mass is 79.9. The van der Waals surface area contributed by atoms with Gasteiger partial charge in [-0.05, 0) is 30.9 Å². The summed E-state index contributed by atoms with van der Waals surface area (Å²) in [7, 11) is 0. The second kappa shape index (κ2) is 7.23. The molecule has 1 atom stereocenters. The molecular weight excluding hydrogens is 316 g/mol. The topological polar surface area (TPSA) is 46.3 Å². The highest BCUT2D eigenvalue weighted by Crippen LogP contribution is 2.30. The smallest absolute Gasteiger partial charge is 0.240 e. The van der Waals surface area contributed by atoms with E-state index in [-0.39, 0.29) is 11.9 Å². The Morgan fingerprint density at radius 1 is 1.45 bits per heavy atom. The zero-order valence-electron chi connectivity index (χ0n) is 12.0. The minimum atomic E-state index is -0.349. The van der Waals surface area contributed by atoms with Gasteiger partial charge in [-0.25, -0.2) is 0 Å². The van der Waals surface area contributed by atoms with Crippen LogP contribution in [-0.2, 0) is 11.3 Å². The highest BCUT2D eigenvalue weighted by Gasteiger charge is 2.34. The number of carbonyl (C=O) groups excluding carboxylic acids is 1. The third kappa shape index (κ3) is 4.06. The molecule has 1 fully saturated rings. The first kappa shape index (κ1) is 15.5. The summed E-state index contributed by atoms with van der Waals surface area (Å²) in [6, 6.07) is 8.11. The molecule has 1 unspecified atom stereocenters. The summed E-state index contributed by atoms with van der Waals surface area (Å²) >= 11 is 3.55. The largest absolute Gasteiger partial charge is 0.334 e. The van der Waals surface area contributed by atoms with Crippen LogP contribution in [0.15, 0.2) is 28.7 Å². The van der Waals surface area contributed by atoms with Crippen molar-refractivity contribution in [2.45, 2.75) is 57.7 Å². The Bertz CT molecular complexity index is 460. The van der Waals surface area contributed by atoms with Gasteiger partial charge in [0.1, 0.15) is 0 Å². The first-order valence-electron chi connectivity index (χ1n) is 7.43. The monoisotopic (exact) mass is 338 g/mol. The number of nitrogens with zero attached hydrogens (tertiary/aromatic N) is 1. The molecule has 1 saturated carbocycles. The van der Waals surface area contributed by atoms with Gasteiger partial charge in [-0.15, -0.1) is 0 Å². The fourth-order valence-electron chi connectivity index (χ4n) is 2.34. The molecule has 0 radical (unpaired) electrons. The first-order valence-corrected chi connectivity index (χ1v) is 8.22. The molecule has 0 saturated heterocycles. The SMILES string of the molecule is CCCCC(N)C(=O)N(Cc1ccccc1Br)C1CC1. The fourth-order valence-corrected chi connectivity index (χ4v) is 2.75. The van der Waals surface area contributed by atoms with Gasteiger partial charge in [0, 0.05) is 17.1 Å². The fraction of sp³-hybridized carbons (Fsp3) is 0.562. The maximum atomic E-state index is 12.5. The molecule has 0 aromatic heterocycles. The van der Waals surface area contributed by atoms with E-state index in [1.807, 2.05) is 23.1 Å². The lowest BCUT2D eigenvalue weighted by Crippen LogP contribution is -2.44. The molecule has 1 aromatic carbocycles. The number of nitrogens with two attached hydrogens (primary N) is 1. The quantitative estimate of drug-likeness (QED) is 0.827. The van der Waals surface area contributed by atoms with Crippen LogP contribution in [0.4, 0.5) is 0 Å². The van der Waals surface area contributed by atoms with Crippen molar-refractivity contribution in [1.82, 2.24) is 4.90 Å². The molecule has 1 aromatic rings.